The van der Waals surface area contributed by atoms with E-state index in [0.717, 1.165) is 55.3 Å². The van der Waals surface area contributed by atoms with Gasteiger partial charge in [0.25, 0.3) is 0 Å². The molecule has 0 radical (unpaired) electrons. The Morgan fingerprint density at radius 1 is 0.815 bits per heavy atom. The summed E-state index contributed by atoms with van der Waals surface area (Å²) in [6.07, 6.45) is -1.99. The first-order valence-corrected chi connectivity index (χ1v) is 18.5. The first-order chi connectivity index (χ1) is 25.8. The fourth-order valence-corrected chi connectivity index (χ4v) is 7.03. The molecule has 2 heterocycles. The van der Waals surface area contributed by atoms with E-state index in [1.54, 1.807) is 34.1 Å². The molecule has 0 aliphatic carbocycles. The van der Waals surface area contributed by atoms with Gasteiger partial charge in [-0.15, -0.1) is 0 Å². The van der Waals surface area contributed by atoms with Gasteiger partial charge in [0.1, 0.15) is 18.9 Å². The molecule has 6 nitrogen and oxygen atoms in total. The lowest BCUT2D eigenvalue weighted by atomic mass is 10.00. The molecule has 2 aliphatic rings. The number of amides is 1. The normalized spacial score (nSPS) is 14.9. The Morgan fingerprint density at radius 2 is 1.44 bits per heavy atom. The Kier molecular flexibility index (Phi) is 13.1. The second-order valence-corrected chi connectivity index (χ2v) is 14.0. The highest BCUT2D eigenvalue weighted by Gasteiger charge is 2.34. The predicted octanol–water partition coefficient (Wildman–Crippen LogP) is 9.61. The number of hydrogen-bond donors (Lipinski definition) is 0. The van der Waals surface area contributed by atoms with Crippen molar-refractivity contribution in [1.29, 1.82) is 0 Å². The van der Waals surface area contributed by atoms with Crippen LogP contribution in [0.25, 0.3) is 11.1 Å². The van der Waals surface area contributed by atoms with E-state index in [9.17, 15) is 31.5 Å². The summed E-state index contributed by atoms with van der Waals surface area (Å²) >= 11 is 0. The molecule has 1 fully saturated rings. The fourth-order valence-electron chi connectivity index (χ4n) is 7.03. The molecule has 1 saturated heterocycles. The van der Waals surface area contributed by atoms with E-state index < -0.39 is 23.4 Å². The molecular formula is C43H47F5N4O2. The number of likely N-dealkylation sites (tertiary alicyclic amines) is 1. The van der Waals surface area contributed by atoms with Gasteiger partial charge in [0.05, 0.1) is 11.3 Å². The molecule has 0 bridgehead atoms. The van der Waals surface area contributed by atoms with Crippen LogP contribution >= 0.6 is 0 Å². The predicted molar refractivity (Wildman–Crippen MR) is 204 cm³/mol. The highest BCUT2D eigenvalue weighted by Crippen LogP contribution is 2.32. The van der Waals surface area contributed by atoms with Crippen molar-refractivity contribution >= 4 is 23.2 Å². The molecule has 11 heteroatoms. The molecule has 4 aromatic carbocycles. The van der Waals surface area contributed by atoms with Gasteiger partial charge in [0.15, 0.2) is 17.4 Å². The summed E-state index contributed by atoms with van der Waals surface area (Å²) in [5.74, 6) is -1.88. The van der Waals surface area contributed by atoms with Crippen LogP contribution in [0.5, 0.6) is 0 Å². The van der Waals surface area contributed by atoms with Gasteiger partial charge < -0.3 is 9.80 Å². The zero-order valence-electron chi connectivity index (χ0n) is 31.2. The highest BCUT2D eigenvalue weighted by molar-refractivity contribution is 6.12. The molecule has 54 heavy (non-hydrogen) atoms. The zero-order chi connectivity index (χ0) is 39.0. The topological polar surface area (TPSA) is 56.2 Å². The number of para-hydroxylation sites is 1. The first-order valence-electron chi connectivity index (χ1n) is 18.5. The lowest BCUT2D eigenvalue weighted by Gasteiger charge is -2.40. The third kappa shape index (κ3) is 9.60. The van der Waals surface area contributed by atoms with Gasteiger partial charge in [-0.1, -0.05) is 74.5 Å². The first kappa shape index (κ1) is 40.3. The maximum absolute atomic E-state index is 14.6. The Balaban J connectivity index is 0.00000276. The summed E-state index contributed by atoms with van der Waals surface area (Å²) in [7, 11) is 0. The Morgan fingerprint density at radius 3 is 2.09 bits per heavy atom. The van der Waals surface area contributed by atoms with E-state index in [-0.39, 0.29) is 55.3 Å². The second-order valence-electron chi connectivity index (χ2n) is 14.0. The van der Waals surface area contributed by atoms with Crippen LogP contribution in [0.3, 0.4) is 0 Å². The Bertz CT molecular complexity index is 1930. The number of nitrogens with zero attached hydrogens (tertiary/aromatic N) is 4. The van der Waals surface area contributed by atoms with Crippen LogP contribution in [0.4, 0.5) is 27.6 Å². The summed E-state index contributed by atoms with van der Waals surface area (Å²) in [4.78, 5) is 38.2. The molecule has 0 spiro atoms. The number of carbonyl (C=O) groups excluding carboxylic acids is 2. The van der Waals surface area contributed by atoms with Crippen LogP contribution in [0.15, 0.2) is 96.0 Å². The molecule has 0 saturated carbocycles. The van der Waals surface area contributed by atoms with Crippen molar-refractivity contribution < 1.29 is 31.5 Å². The number of aliphatic imine (C=N–C) groups is 1. The minimum absolute atomic E-state index is 0.112. The van der Waals surface area contributed by atoms with Gasteiger partial charge in [-0.05, 0) is 98.8 Å². The van der Waals surface area contributed by atoms with Crippen LogP contribution in [0, 0.1) is 11.6 Å². The third-order valence-electron chi connectivity index (χ3n) is 9.92. The zero-order valence-corrected chi connectivity index (χ0v) is 31.2. The number of benzene rings is 4. The SMILES string of the molecule is CC.CC(C)(CN(Cc1ccc(-c2ccc(C(F)(F)F)cc2)cc1)C(=O)CN1C(CCc2cccc(F)c2F)=NCC(=O)c2ccccc21)N1CCCC1. The molecule has 6 rings (SSSR count). The number of amidine groups is 1. The molecule has 0 unspecified atom stereocenters. The second kappa shape index (κ2) is 17.5. The molecule has 2 aliphatic heterocycles. The van der Waals surface area contributed by atoms with Crippen LogP contribution in [0.2, 0.25) is 0 Å². The van der Waals surface area contributed by atoms with Gasteiger partial charge in [-0.3, -0.25) is 19.5 Å². The van der Waals surface area contributed by atoms with Crippen LogP contribution in [-0.4, -0.2) is 65.6 Å². The molecule has 0 aromatic heterocycles. The molecule has 286 valence electrons. The monoisotopic (exact) mass is 746 g/mol. The maximum Gasteiger partial charge on any atom is 0.416 e. The minimum Gasteiger partial charge on any atom is -0.335 e. The number of anilines is 1. The van der Waals surface area contributed by atoms with E-state index in [4.69, 9.17) is 0 Å². The Hall–Kier alpha value is -4.90. The highest BCUT2D eigenvalue weighted by atomic mass is 19.4. The Labute approximate surface area is 314 Å². The minimum atomic E-state index is -4.42. The van der Waals surface area contributed by atoms with E-state index in [0.29, 0.717) is 29.2 Å². The van der Waals surface area contributed by atoms with Gasteiger partial charge in [-0.25, -0.2) is 8.78 Å². The number of hydrogen-bond acceptors (Lipinski definition) is 5. The lowest BCUT2D eigenvalue weighted by molar-refractivity contribution is -0.137. The van der Waals surface area contributed by atoms with Crippen molar-refractivity contribution in [3.8, 4) is 11.1 Å². The number of rotatable bonds is 11. The van der Waals surface area contributed by atoms with Gasteiger partial charge >= 0.3 is 6.18 Å². The van der Waals surface area contributed by atoms with Crippen molar-refractivity contribution in [3.63, 3.8) is 0 Å². The number of alkyl halides is 3. The fraction of sp³-hybridized carbons (Fsp3) is 0.372. The van der Waals surface area contributed by atoms with Gasteiger partial charge in [0, 0.05) is 30.6 Å². The van der Waals surface area contributed by atoms with Crippen molar-refractivity contribution in [1.82, 2.24) is 9.80 Å². The van der Waals surface area contributed by atoms with Crippen molar-refractivity contribution in [2.75, 3.05) is 37.6 Å². The molecular weight excluding hydrogens is 699 g/mol. The van der Waals surface area contributed by atoms with Crippen LogP contribution in [-0.2, 0) is 23.9 Å². The maximum atomic E-state index is 14.6. The average Bonchev–Trinajstić information content (AvgIpc) is 3.69. The summed E-state index contributed by atoms with van der Waals surface area (Å²) in [5, 5.41) is 0. The van der Waals surface area contributed by atoms with E-state index >= 15 is 0 Å². The number of fused-ring (bicyclic) bond motifs is 1. The van der Waals surface area contributed by atoms with Crippen molar-refractivity contribution in [3.05, 3.63) is 125 Å². The standard InChI is InChI=1S/C41H41F5N4O2.C2H6/c1-40(2,49-22-5-6-23-49)27-48(25-28-12-14-29(15-13-28)30-16-19-32(20-17-30)41(44,45)46)38(52)26-50-35-11-4-3-9-33(35)36(51)24-47-37(50)21-18-31-8-7-10-34(42)39(31)43;1-2/h3-4,7-17,19-20H,5-6,18,21-27H2,1-2H3;1-2H3. The third-order valence-corrected chi connectivity index (χ3v) is 9.92. The number of ketones is 1. The largest absolute Gasteiger partial charge is 0.416 e. The molecule has 0 atom stereocenters. The number of halogens is 5. The van der Waals surface area contributed by atoms with Gasteiger partial charge in [-0.2, -0.15) is 13.2 Å². The van der Waals surface area contributed by atoms with Crippen molar-refractivity contribution in [2.24, 2.45) is 4.99 Å². The summed E-state index contributed by atoms with van der Waals surface area (Å²) in [5.41, 5.74) is 2.27. The summed E-state index contributed by atoms with van der Waals surface area (Å²) in [6, 6.07) is 23.4. The number of carbonyl (C=O) groups is 2. The smallest absolute Gasteiger partial charge is 0.335 e. The van der Waals surface area contributed by atoms with E-state index in [1.807, 2.05) is 38.1 Å². The summed E-state index contributed by atoms with van der Waals surface area (Å²) in [6.45, 7) is 10.5. The summed E-state index contributed by atoms with van der Waals surface area (Å²) < 4.78 is 68.0. The molecule has 4 aromatic rings. The average molecular weight is 747 g/mol. The molecule has 1 amide bonds. The van der Waals surface area contributed by atoms with Crippen LogP contribution < -0.4 is 4.90 Å². The number of Topliss-reactive ketones (excluding diaryl/α,β-unsaturated/α-hetero) is 1. The molecule has 0 N–H and O–H groups in total. The van der Waals surface area contributed by atoms with E-state index in [2.05, 4.69) is 23.7 Å². The van der Waals surface area contributed by atoms with Gasteiger partial charge in [0.2, 0.25) is 5.91 Å². The van der Waals surface area contributed by atoms with E-state index in [1.165, 1.54) is 24.3 Å². The quantitative estimate of drug-likeness (QED) is 0.144. The van der Waals surface area contributed by atoms with Crippen molar-refractivity contribution in [2.45, 2.75) is 71.6 Å². The number of aryl methyl sites for hydroxylation is 1. The lowest BCUT2D eigenvalue weighted by Crippen LogP contribution is -2.53. The van der Waals surface area contributed by atoms with Crippen LogP contribution in [0.1, 0.15) is 74.0 Å².